The SMILES string of the molecule is O=[N+]([O-])c1cccc(S(=O)(=O)N(Cc2cccc(Br)c2)C2CC2)c1. The molecule has 24 heavy (non-hydrogen) atoms. The van der Waals surface area contributed by atoms with E-state index in [2.05, 4.69) is 15.9 Å². The number of nitro benzene ring substituents is 1. The largest absolute Gasteiger partial charge is 0.270 e. The Morgan fingerprint density at radius 3 is 2.50 bits per heavy atom. The Hall–Kier alpha value is -1.77. The van der Waals surface area contributed by atoms with E-state index in [1.54, 1.807) is 0 Å². The summed E-state index contributed by atoms with van der Waals surface area (Å²) in [5.74, 6) is 0. The molecule has 1 saturated carbocycles. The normalized spacial score (nSPS) is 14.8. The topological polar surface area (TPSA) is 80.5 Å². The van der Waals surface area contributed by atoms with Gasteiger partial charge in [0.15, 0.2) is 0 Å². The van der Waals surface area contributed by atoms with Gasteiger partial charge in [-0.2, -0.15) is 4.31 Å². The van der Waals surface area contributed by atoms with Gasteiger partial charge in [-0.3, -0.25) is 10.1 Å². The first-order chi connectivity index (χ1) is 11.4. The molecule has 0 saturated heterocycles. The number of rotatable bonds is 6. The van der Waals surface area contributed by atoms with E-state index in [1.807, 2.05) is 24.3 Å². The number of sulfonamides is 1. The summed E-state index contributed by atoms with van der Waals surface area (Å²) in [6.45, 7) is 0.245. The van der Waals surface area contributed by atoms with Crippen LogP contribution in [0.2, 0.25) is 0 Å². The first-order valence-electron chi connectivity index (χ1n) is 7.38. The summed E-state index contributed by atoms with van der Waals surface area (Å²) in [7, 11) is -3.79. The molecule has 2 aromatic rings. The maximum Gasteiger partial charge on any atom is 0.270 e. The van der Waals surface area contributed by atoms with Crippen molar-refractivity contribution >= 4 is 31.6 Å². The van der Waals surface area contributed by atoms with E-state index in [4.69, 9.17) is 0 Å². The van der Waals surface area contributed by atoms with Crippen LogP contribution in [-0.4, -0.2) is 23.7 Å². The maximum atomic E-state index is 13.0. The second-order valence-electron chi connectivity index (χ2n) is 5.67. The van der Waals surface area contributed by atoms with E-state index in [1.165, 1.54) is 22.5 Å². The molecule has 0 aromatic heterocycles. The Labute approximate surface area is 148 Å². The molecule has 2 aromatic carbocycles. The van der Waals surface area contributed by atoms with E-state index in [-0.39, 0.29) is 23.2 Å². The van der Waals surface area contributed by atoms with Crippen molar-refractivity contribution < 1.29 is 13.3 Å². The molecule has 1 aliphatic carbocycles. The van der Waals surface area contributed by atoms with Gasteiger partial charge >= 0.3 is 0 Å². The van der Waals surface area contributed by atoms with Gasteiger partial charge < -0.3 is 0 Å². The van der Waals surface area contributed by atoms with Gasteiger partial charge in [-0.25, -0.2) is 8.42 Å². The Morgan fingerprint density at radius 1 is 1.17 bits per heavy atom. The molecule has 0 bridgehead atoms. The summed E-state index contributed by atoms with van der Waals surface area (Å²) in [5.41, 5.74) is 0.638. The second kappa shape index (κ2) is 6.62. The minimum atomic E-state index is -3.79. The zero-order valence-electron chi connectivity index (χ0n) is 12.6. The van der Waals surface area contributed by atoms with Crippen LogP contribution in [0.4, 0.5) is 5.69 Å². The van der Waals surface area contributed by atoms with E-state index in [0.717, 1.165) is 28.9 Å². The molecule has 0 aliphatic heterocycles. The van der Waals surface area contributed by atoms with Gasteiger partial charge in [0.25, 0.3) is 5.69 Å². The first kappa shape index (κ1) is 17.1. The fourth-order valence-corrected chi connectivity index (χ4v) is 4.64. The predicted molar refractivity (Wildman–Crippen MR) is 93.0 cm³/mol. The summed E-state index contributed by atoms with van der Waals surface area (Å²) in [4.78, 5) is 10.3. The van der Waals surface area contributed by atoms with Crippen molar-refractivity contribution in [2.24, 2.45) is 0 Å². The monoisotopic (exact) mass is 410 g/mol. The minimum Gasteiger partial charge on any atom is -0.258 e. The van der Waals surface area contributed by atoms with Crippen LogP contribution in [0.25, 0.3) is 0 Å². The van der Waals surface area contributed by atoms with Crippen LogP contribution in [-0.2, 0) is 16.6 Å². The number of nitrogens with zero attached hydrogens (tertiary/aromatic N) is 2. The number of benzene rings is 2. The van der Waals surface area contributed by atoms with Crippen LogP contribution in [0.15, 0.2) is 57.9 Å². The zero-order valence-corrected chi connectivity index (χ0v) is 15.0. The van der Waals surface area contributed by atoms with Gasteiger partial charge in [-0.1, -0.05) is 34.1 Å². The van der Waals surface area contributed by atoms with Gasteiger partial charge in [0.1, 0.15) is 0 Å². The molecule has 0 unspecified atom stereocenters. The van der Waals surface area contributed by atoms with Crippen molar-refractivity contribution in [2.75, 3.05) is 0 Å². The third-order valence-electron chi connectivity index (χ3n) is 3.82. The third kappa shape index (κ3) is 3.66. The second-order valence-corrected chi connectivity index (χ2v) is 8.47. The standard InChI is InChI=1S/C16H15BrN2O4S/c17-13-4-1-3-12(9-13)11-18(14-7-8-14)24(22,23)16-6-2-5-15(10-16)19(20)21/h1-6,9-10,14H,7-8,11H2. The average molecular weight is 411 g/mol. The molecule has 0 heterocycles. The lowest BCUT2D eigenvalue weighted by molar-refractivity contribution is -0.385. The highest BCUT2D eigenvalue weighted by Crippen LogP contribution is 2.34. The van der Waals surface area contributed by atoms with Crippen molar-refractivity contribution in [1.82, 2.24) is 4.31 Å². The van der Waals surface area contributed by atoms with Crippen molar-refractivity contribution in [3.63, 3.8) is 0 Å². The van der Waals surface area contributed by atoms with E-state index in [9.17, 15) is 18.5 Å². The molecule has 6 nitrogen and oxygen atoms in total. The average Bonchev–Trinajstić information content (AvgIpc) is 3.37. The highest BCUT2D eigenvalue weighted by atomic mass is 79.9. The lowest BCUT2D eigenvalue weighted by Gasteiger charge is -2.22. The molecule has 0 amide bonds. The lowest BCUT2D eigenvalue weighted by Crippen LogP contribution is -2.32. The number of nitro groups is 1. The lowest BCUT2D eigenvalue weighted by atomic mass is 10.2. The van der Waals surface area contributed by atoms with Crippen LogP contribution in [0.1, 0.15) is 18.4 Å². The van der Waals surface area contributed by atoms with Gasteiger partial charge in [0.2, 0.25) is 10.0 Å². The minimum absolute atomic E-state index is 0.0430. The molecule has 1 aliphatic rings. The molecule has 0 N–H and O–H groups in total. The zero-order chi connectivity index (χ0) is 17.3. The highest BCUT2D eigenvalue weighted by Gasteiger charge is 2.38. The highest BCUT2D eigenvalue weighted by molar-refractivity contribution is 9.10. The quantitative estimate of drug-likeness (QED) is 0.536. The number of halogens is 1. The Morgan fingerprint density at radius 2 is 1.88 bits per heavy atom. The summed E-state index contributed by atoms with van der Waals surface area (Å²) >= 11 is 3.38. The van der Waals surface area contributed by atoms with Gasteiger partial charge in [-0.15, -0.1) is 0 Å². The van der Waals surface area contributed by atoms with Crippen molar-refractivity contribution in [1.29, 1.82) is 0 Å². The van der Waals surface area contributed by atoms with Crippen molar-refractivity contribution in [3.05, 3.63) is 68.7 Å². The number of hydrogen-bond donors (Lipinski definition) is 0. The molecule has 126 valence electrons. The van der Waals surface area contributed by atoms with Crippen molar-refractivity contribution in [2.45, 2.75) is 30.3 Å². The first-order valence-corrected chi connectivity index (χ1v) is 9.62. The maximum absolute atomic E-state index is 13.0. The van der Waals surface area contributed by atoms with E-state index >= 15 is 0 Å². The van der Waals surface area contributed by atoms with Crippen LogP contribution < -0.4 is 0 Å². The van der Waals surface area contributed by atoms with Gasteiger partial charge in [0.05, 0.1) is 9.82 Å². The van der Waals surface area contributed by atoms with Crippen molar-refractivity contribution in [3.8, 4) is 0 Å². The summed E-state index contributed by atoms with van der Waals surface area (Å²) < 4.78 is 28.3. The van der Waals surface area contributed by atoms with Crippen LogP contribution >= 0.6 is 15.9 Å². The van der Waals surface area contributed by atoms with E-state index < -0.39 is 14.9 Å². The molecule has 1 fully saturated rings. The molecule has 0 radical (unpaired) electrons. The summed E-state index contributed by atoms with van der Waals surface area (Å²) in [5, 5.41) is 10.9. The fourth-order valence-electron chi connectivity index (χ4n) is 2.48. The third-order valence-corrected chi connectivity index (χ3v) is 6.20. The molecule has 8 heteroatoms. The fraction of sp³-hybridized carbons (Fsp3) is 0.250. The molecule has 0 atom stereocenters. The van der Waals surface area contributed by atoms with E-state index in [0.29, 0.717) is 0 Å². The van der Waals surface area contributed by atoms with Gasteiger partial charge in [0, 0.05) is 29.2 Å². The molecule has 3 rings (SSSR count). The molecular weight excluding hydrogens is 396 g/mol. The van der Waals surface area contributed by atoms with Crippen LogP contribution in [0.5, 0.6) is 0 Å². The molecule has 0 spiro atoms. The van der Waals surface area contributed by atoms with Crippen LogP contribution in [0.3, 0.4) is 0 Å². The summed E-state index contributed by atoms with van der Waals surface area (Å²) in [6, 6.07) is 12.6. The summed E-state index contributed by atoms with van der Waals surface area (Å²) in [6.07, 6.45) is 1.62. The molecular formula is C16H15BrN2O4S. The van der Waals surface area contributed by atoms with Gasteiger partial charge in [-0.05, 0) is 36.6 Å². The van der Waals surface area contributed by atoms with Crippen LogP contribution in [0, 0.1) is 10.1 Å². The Bertz CT molecular complexity index is 881. The number of non-ortho nitro benzene ring substituents is 1. The Kier molecular flexibility index (Phi) is 4.71. The Balaban J connectivity index is 1.95. The predicted octanol–water partition coefficient (Wildman–Crippen LogP) is 3.71. The smallest absolute Gasteiger partial charge is 0.258 e. The number of hydrogen-bond acceptors (Lipinski definition) is 4.